The first-order valence-corrected chi connectivity index (χ1v) is 8.93. The van der Waals surface area contributed by atoms with Crippen LogP contribution in [0, 0.1) is 10.1 Å². The molecule has 27 heavy (non-hydrogen) atoms. The topological polar surface area (TPSA) is 92.6 Å². The molecule has 1 saturated heterocycles. The smallest absolute Gasteiger partial charge is 0.270 e. The summed E-state index contributed by atoms with van der Waals surface area (Å²) in [5.74, 6) is -0.750. The summed E-state index contributed by atoms with van der Waals surface area (Å²) in [6.07, 6.45) is 2.11. The number of nitro groups is 1. The van der Waals surface area contributed by atoms with Crippen LogP contribution < -0.4 is 5.32 Å². The van der Waals surface area contributed by atoms with Crippen molar-refractivity contribution in [2.75, 3.05) is 25.0 Å². The Labute approximate surface area is 161 Å². The molecule has 2 aromatic carbocycles. The fourth-order valence-corrected chi connectivity index (χ4v) is 3.29. The van der Waals surface area contributed by atoms with Crippen LogP contribution in [0.2, 0.25) is 5.02 Å². The molecule has 0 atom stereocenters. The van der Waals surface area contributed by atoms with Crippen LogP contribution in [-0.2, 0) is 4.79 Å². The van der Waals surface area contributed by atoms with Gasteiger partial charge in [0, 0.05) is 17.7 Å². The second kappa shape index (κ2) is 8.28. The summed E-state index contributed by atoms with van der Waals surface area (Å²) in [6.45, 7) is 1.94. The maximum absolute atomic E-state index is 12.9. The number of likely N-dealkylation sites (tertiary alicyclic amines) is 1. The highest BCUT2D eigenvalue weighted by Crippen LogP contribution is 2.27. The van der Waals surface area contributed by atoms with Gasteiger partial charge in [0.2, 0.25) is 5.91 Å². The van der Waals surface area contributed by atoms with Crippen LogP contribution in [0.25, 0.3) is 0 Å². The van der Waals surface area contributed by atoms with Crippen molar-refractivity contribution in [2.45, 2.75) is 12.8 Å². The number of rotatable bonds is 6. The molecular weight excluding hydrogens is 370 g/mol. The number of ketones is 1. The lowest BCUT2D eigenvalue weighted by Gasteiger charge is -2.15. The van der Waals surface area contributed by atoms with Gasteiger partial charge in [0.15, 0.2) is 5.78 Å². The van der Waals surface area contributed by atoms with Gasteiger partial charge in [-0.2, -0.15) is 0 Å². The minimum absolute atomic E-state index is 0.0343. The zero-order chi connectivity index (χ0) is 19.4. The zero-order valence-corrected chi connectivity index (χ0v) is 15.2. The van der Waals surface area contributed by atoms with Gasteiger partial charge in [-0.05, 0) is 44.1 Å². The number of anilines is 1. The predicted molar refractivity (Wildman–Crippen MR) is 102 cm³/mol. The Hall–Kier alpha value is -2.77. The quantitative estimate of drug-likeness (QED) is 0.465. The largest absolute Gasteiger partial charge is 0.324 e. The summed E-state index contributed by atoms with van der Waals surface area (Å²) >= 11 is 6.09. The highest BCUT2D eigenvalue weighted by atomic mass is 35.5. The van der Waals surface area contributed by atoms with E-state index in [-0.39, 0.29) is 40.0 Å². The number of nitro benzene ring substituents is 1. The van der Waals surface area contributed by atoms with Gasteiger partial charge in [-0.3, -0.25) is 24.6 Å². The van der Waals surface area contributed by atoms with E-state index >= 15 is 0 Å². The molecule has 0 radical (unpaired) electrons. The molecule has 1 fully saturated rings. The molecule has 2 aromatic rings. The van der Waals surface area contributed by atoms with Gasteiger partial charge in [0.1, 0.15) is 0 Å². The first-order chi connectivity index (χ1) is 13.0. The summed E-state index contributed by atoms with van der Waals surface area (Å²) in [5, 5.41) is 14.1. The monoisotopic (exact) mass is 387 g/mol. The third-order valence-corrected chi connectivity index (χ3v) is 4.75. The molecule has 0 aliphatic carbocycles. The predicted octanol–water partition coefficient (Wildman–Crippen LogP) is 3.51. The van der Waals surface area contributed by atoms with E-state index in [4.69, 9.17) is 11.6 Å². The fourth-order valence-electron chi connectivity index (χ4n) is 3.07. The van der Waals surface area contributed by atoms with Crippen LogP contribution in [0.4, 0.5) is 11.4 Å². The number of nitrogens with zero attached hydrogens (tertiary/aromatic N) is 2. The van der Waals surface area contributed by atoms with Gasteiger partial charge >= 0.3 is 0 Å². The van der Waals surface area contributed by atoms with Crippen LogP contribution in [0.1, 0.15) is 28.8 Å². The second-order valence-corrected chi connectivity index (χ2v) is 6.73. The minimum Gasteiger partial charge on any atom is -0.324 e. The van der Waals surface area contributed by atoms with Gasteiger partial charge in [0.25, 0.3) is 5.69 Å². The summed E-state index contributed by atoms with van der Waals surface area (Å²) in [5.41, 5.74) is 0.249. The Kier molecular flexibility index (Phi) is 5.83. The van der Waals surface area contributed by atoms with Crippen molar-refractivity contribution in [2.24, 2.45) is 0 Å². The molecule has 1 heterocycles. The van der Waals surface area contributed by atoms with E-state index in [2.05, 4.69) is 5.32 Å². The molecule has 7 nitrogen and oxygen atoms in total. The van der Waals surface area contributed by atoms with Gasteiger partial charge in [-0.25, -0.2) is 0 Å². The van der Waals surface area contributed by atoms with Crippen molar-refractivity contribution in [3.8, 4) is 0 Å². The molecule has 8 heteroatoms. The molecule has 0 aromatic heterocycles. The lowest BCUT2D eigenvalue weighted by Crippen LogP contribution is -2.31. The van der Waals surface area contributed by atoms with Crippen molar-refractivity contribution in [3.63, 3.8) is 0 Å². The lowest BCUT2D eigenvalue weighted by atomic mass is 10.0. The number of benzene rings is 2. The SMILES string of the molecule is O=C(CN1CCCC1)Nc1ccc([N+](=O)[O-])cc1C(=O)c1ccccc1Cl. The number of hydrogen-bond donors (Lipinski definition) is 1. The third-order valence-electron chi connectivity index (χ3n) is 4.42. The number of amides is 1. The Bertz CT molecular complexity index is 894. The maximum atomic E-state index is 12.9. The number of nitrogens with one attached hydrogen (secondary N) is 1. The Morgan fingerprint density at radius 1 is 1.11 bits per heavy atom. The first-order valence-electron chi connectivity index (χ1n) is 8.55. The van der Waals surface area contributed by atoms with E-state index < -0.39 is 10.7 Å². The summed E-state index contributed by atoms with van der Waals surface area (Å²) in [7, 11) is 0. The van der Waals surface area contributed by atoms with Gasteiger partial charge in [-0.1, -0.05) is 23.7 Å². The van der Waals surface area contributed by atoms with Gasteiger partial charge in [-0.15, -0.1) is 0 Å². The van der Waals surface area contributed by atoms with Crippen LogP contribution in [-0.4, -0.2) is 41.1 Å². The lowest BCUT2D eigenvalue weighted by molar-refractivity contribution is -0.384. The van der Waals surface area contributed by atoms with E-state index in [1.54, 1.807) is 24.3 Å². The molecule has 1 aliphatic rings. The zero-order valence-electron chi connectivity index (χ0n) is 14.5. The Morgan fingerprint density at radius 3 is 2.48 bits per heavy atom. The molecule has 140 valence electrons. The molecule has 0 unspecified atom stereocenters. The molecular formula is C19H18ClN3O4. The summed E-state index contributed by atoms with van der Waals surface area (Å²) < 4.78 is 0. The minimum atomic E-state index is -0.584. The van der Waals surface area contributed by atoms with Crippen molar-refractivity contribution in [1.29, 1.82) is 0 Å². The highest BCUT2D eigenvalue weighted by molar-refractivity contribution is 6.35. The second-order valence-electron chi connectivity index (χ2n) is 6.33. The standard InChI is InChI=1S/C19H18ClN3O4/c20-16-6-2-1-5-14(16)19(25)15-11-13(23(26)27)7-8-17(15)21-18(24)12-22-9-3-4-10-22/h1-2,5-8,11H,3-4,9-10,12H2,(H,21,24). The van der Waals surface area contributed by atoms with Crippen LogP contribution in [0.3, 0.4) is 0 Å². The van der Waals surface area contributed by atoms with Gasteiger partial charge < -0.3 is 5.32 Å². The molecule has 0 spiro atoms. The fraction of sp³-hybridized carbons (Fsp3) is 0.263. The highest BCUT2D eigenvalue weighted by Gasteiger charge is 2.22. The summed E-state index contributed by atoms with van der Waals surface area (Å²) in [6, 6.07) is 10.3. The maximum Gasteiger partial charge on any atom is 0.270 e. The van der Waals surface area contributed by atoms with Crippen molar-refractivity contribution >= 4 is 34.7 Å². The molecule has 1 N–H and O–H groups in total. The van der Waals surface area contributed by atoms with Crippen LogP contribution in [0.5, 0.6) is 0 Å². The van der Waals surface area contributed by atoms with E-state index in [1.807, 2.05) is 4.90 Å². The summed E-state index contributed by atoms with van der Waals surface area (Å²) in [4.78, 5) is 37.8. The third kappa shape index (κ3) is 4.50. The Morgan fingerprint density at radius 2 is 1.81 bits per heavy atom. The molecule has 1 aliphatic heterocycles. The Balaban J connectivity index is 1.91. The number of hydrogen-bond acceptors (Lipinski definition) is 5. The van der Waals surface area contributed by atoms with E-state index in [0.29, 0.717) is 0 Å². The van der Waals surface area contributed by atoms with E-state index in [0.717, 1.165) is 32.0 Å². The van der Waals surface area contributed by atoms with Crippen LogP contribution >= 0.6 is 11.6 Å². The molecule has 0 bridgehead atoms. The normalized spacial score (nSPS) is 14.1. The number of carbonyl (C=O) groups is 2. The number of non-ortho nitro benzene ring substituents is 1. The number of halogens is 1. The van der Waals surface area contributed by atoms with E-state index in [9.17, 15) is 19.7 Å². The van der Waals surface area contributed by atoms with Crippen molar-refractivity contribution in [3.05, 3.63) is 68.7 Å². The molecule has 3 rings (SSSR count). The van der Waals surface area contributed by atoms with Crippen LogP contribution in [0.15, 0.2) is 42.5 Å². The van der Waals surface area contributed by atoms with Crippen molar-refractivity contribution < 1.29 is 14.5 Å². The first kappa shape index (κ1) is 19.0. The van der Waals surface area contributed by atoms with Gasteiger partial charge in [0.05, 0.1) is 27.7 Å². The molecule has 0 saturated carbocycles. The average molecular weight is 388 g/mol. The van der Waals surface area contributed by atoms with E-state index in [1.165, 1.54) is 12.1 Å². The van der Waals surface area contributed by atoms with Crippen molar-refractivity contribution in [1.82, 2.24) is 4.90 Å². The molecule has 1 amide bonds. The average Bonchev–Trinajstić information content (AvgIpc) is 3.14. The number of carbonyl (C=O) groups excluding carboxylic acids is 2.